The van der Waals surface area contributed by atoms with E-state index in [0.717, 1.165) is 10.9 Å². The number of nitrogens with one attached hydrogen (secondary N) is 1. The maximum Gasteiger partial charge on any atom is 0.240 e. The number of sulfone groups is 1. The number of aliphatic hydroxyl groups is 1. The number of imidazole rings is 1. The first kappa shape index (κ1) is 17.4. The predicted molar refractivity (Wildman–Crippen MR) is 105 cm³/mol. The minimum atomic E-state index is -3.79. The third-order valence-corrected chi connectivity index (χ3v) is 7.19. The third kappa shape index (κ3) is 2.63. The lowest BCUT2D eigenvalue weighted by Crippen LogP contribution is -2.23. The Balaban J connectivity index is 1.80. The van der Waals surface area contributed by atoms with Crippen LogP contribution in [0.3, 0.4) is 0 Å². The maximum atomic E-state index is 13.4. The Kier molecular flexibility index (Phi) is 3.99. The Morgan fingerprint density at radius 2 is 1.82 bits per heavy atom. The van der Waals surface area contributed by atoms with Gasteiger partial charge in [0.25, 0.3) is 0 Å². The Morgan fingerprint density at radius 3 is 2.57 bits per heavy atom. The third-order valence-electron chi connectivity index (χ3n) is 5.53. The number of aliphatic hydroxyl groups excluding tert-OH is 1. The van der Waals surface area contributed by atoms with Crippen LogP contribution in [0.15, 0.2) is 58.8 Å². The molecule has 1 aliphatic carbocycles. The first-order chi connectivity index (χ1) is 13.6. The second-order valence-corrected chi connectivity index (χ2v) is 9.12. The molecule has 1 aromatic carbocycles. The summed E-state index contributed by atoms with van der Waals surface area (Å²) in [4.78, 5) is 12.2. The van der Waals surface area contributed by atoms with Crippen LogP contribution in [0.1, 0.15) is 31.7 Å². The Hall–Kier alpha value is -2.71. The normalized spacial score (nSPS) is 20.8. The van der Waals surface area contributed by atoms with Crippen LogP contribution in [0.4, 0.5) is 0 Å². The Morgan fingerprint density at radius 1 is 1.07 bits per heavy atom. The van der Waals surface area contributed by atoms with Crippen molar-refractivity contribution in [2.75, 3.05) is 0 Å². The minimum Gasteiger partial charge on any atom is -0.393 e. The van der Waals surface area contributed by atoms with E-state index in [2.05, 4.69) is 15.0 Å². The Bertz CT molecular complexity index is 1250. The van der Waals surface area contributed by atoms with Crippen molar-refractivity contribution in [2.24, 2.45) is 0 Å². The number of nitrogens with zero attached hydrogens (tertiary/aromatic N) is 3. The number of H-pyrrole nitrogens is 1. The smallest absolute Gasteiger partial charge is 0.240 e. The lowest BCUT2D eigenvalue weighted by molar-refractivity contribution is 0.109. The zero-order valence-corrected chi connectivity index (χ0v) is 15.9. The van der Waals surface area contributed by atoms with Gasteiger partial charge in [-0.2, -0.15) is 0 Å². The molecule has 1 saturated carbocycles. The fourth-order valence-corrected chi connectivity index (χ4v) is 5.56. The second-order valence-electron chi connectivity index (χ2n) is 7.28. The van der Waals surface area contributed by atoms with E-state index in [-0.39, 0.29) is 22.2 Å². The van der Waals surface area contributed by atoms with Crippen molar-refractivity contribution < 1.29 is 13.5 Å². The zero-order chi connectivity index (χ0) is 19.3. The van der Waals surface area contributed by atoms with Gasteiger partial charge in [-0.25, -0.2) is 18.4 Å². The number of benzene rings is 1. The lowest BCUT2D eigenvalue weighted by atomic mass is 9.93. The van der Waals surface area contributed by atoms with Crippen molar-refractivity contribution in [3.8, 4) is 0 Å². The molecule has 0 bridgehead atoms. The molecule has 1 aliphatic rings. The molecule has 3 aromatic heterocycles. The summed E-state index contributed by atoms with van der Waals surface area (Å²) >= 11 is 0. The summed E-state index contributed by atoms with van der Waals surface area (Å²) in [6.07, 6.45) is 5.80. The molecule has 2 N–H and O–H groups in total. The van der Waals surface area contributed by atoms with Gasteiger partial charge in [0.2, 0.25) is 15.0 Å². The molecule has 0 saturated heterocycles. The van der Waals surface area contributed by atoms with E-state index in [9.17, 15) is 13.5 Å². The SMILES string of the molecule is O=S(=O)(c1ccccc1)c1nc2cnc3[nH]ccc3c2n1C1CCC(O)CC1. The van der Waals surface area contributed by atoms with Gasteiger partial charge >= 0.3 is 0 Å². The molecule has 0 radical (unpaired) electrons. The molecule has 3 heterocycles. The molecule has 0 unspecified atom stereocenters. The van der Waals surface area contributed by atoms with Gasteiger partial charge in [-0.1, -0.05) is 18.2 Å². The van der Waals surface area contributed by atoms with Gasteiger partial charge in [0, 0.05) is 17.6 Å². The van der Waals surface area contributed by atoms with Gasteiger partial charge in [-0.05, 0) is 43.9 Å². The Labute approximate surface area is 162 Å². The molecule has 4 aromatic rings. The number of hydrogen-bond donors (Lipinski definition) is 2. The summed E-state index contributed by atoms with van der Waals surface area (Å²) in [6.45, 7) is 0. The molecular weight excluding hydrogens is 376 g/mol. The van der Waals surface area contributed by atoms with Crippen LogP contribution in [-0.4, -0.2) is 39.1 Å². The molecule has 0 amide bonds. The largest absolute Gasteiger partial charge is 0.393 e. The van der Waals surface area contributed by atoms with Gasteiger partial charge in [0.15, 0.2) is 0 Å². The monoisotopic (exact) mass is 396 g/mol. The average Bonchev–Trinajstić information content (AvgIpc) is 3.33. The molecule has 5 rings (SSSR count). The van der Waals surface area contributed by atoms with Crippen LogP contribution in [0.25, 0.3) is 22.1 Å². The molecule has 8 heteroatoms. The molecule has 1 fully saturated rings. The van der Waals surface area contributed by atoms with Gasteiger partial charge < -0.3 is 14.7 Å². The van der Waals surface area contributed by atoms with E-state index in [1.807, 2.05) is 10.6 Å². The molecule has 0 spiro atoms. The molecule has 0 atom stereocenters. The van der Waals surface area contributed by atoms with Crippen LogP contribution in [-0.2, 0) is 9.84 Å². The minimum absolute atomic E-state index is 0.0395. The number of aromatic amines is 1. The van der Waals surface area contributed by atoms with Crippen LogP contribution in [0.5, 0.6) is 0 Å². The average molecular weight is 396 g/mol. The maximum absolute atomic E-state index is 13.4. The first-order valence-electron chi connectivity index (χ1n) is 9.38. The predicted octanol–water partition coefficient (Wildman–Crippen LogP) is 3.22. The lowest BCUT2D eigenvalue weighted by Gasteiger charge is -2.28. The van der Waals surface area contributed by atoms with Crippen molar-refractivity contribution in [1.82, 2.24) is 19.5 Å². The van der Waals surface area contributed by atoms with E-state index in [4.69, 9.17) is 0 Å². The highest BCUT2D eigenvalue weighted by molar-refractivity contribution is 7.91. The van der Waals surface area contributed by atoms with Gasteiger partial charge in [-0.15, -0.1) is 0 Å². The van der Waals surface area contributed by atoms with E-state index in [1.165, 1.54) is 0 Å². The summed E-state index contributed by atoms with van der Waals surface area (Å²) in [7, 11) is -3.79. The second kappa shape index (κ2) is 6.42. The van der Waals surface area contributed by atoms with Crippen molar-refractivity contribution in [1.29, 1.82) is 0 Å². The number of aromatic nitrogens is 4. The summed E-state index contributed by atoms with van der Waals surface area (Å²) < 4.78 is 28.8. The van der Waals surface area contributed by atoms with Gasteiger partial charge in [0.1, 0.15) is 11.2 Å². The highest BCUT2D eigenvalue weighted by atomic mass is 32.2. The molecule has 7 nitrogen and oxygen atoms in total. The highest BCUT2D eigenvalue weighted by Gasteiger charge is 2.32. The van der Waals surface area contributed by atoms with Gasteiger partial charge in [0.05, 0.1) is 22.7 Å². The van der Waals surface area contributed by atoms with E-state index in [1.54, 1.807) is 42.7 Å². The van der Waals surface area contributed by atoms with Crippen molar-refractivity contribution in [3.63, 3.8) is 0 Å². The molecule has 28 heavy (non-hydrogen) atoms. The van der Waals surface area contributed by atoms with Crippen LogP contribution in [0.2, 0.25) is 0 Å². The summed E-state index contributed by atoms with van der Waals surface area (Å²) in [6, 6.07) is 10.3. The van der Waals surface area contributed by atoms with Crippen molar-refractivity contribution in [3.05, 3.63) is 48.8 Å². The van der Waals surface area contributed by atoms with Crippen LogP contribution in [0, 0.1) is 0 Å². The van der Waals surface area contributed by atoms with Crippen molar-refractivity contribution >= 4 is 31.9 Å². The summed E-state index contributed by atoms with van der Waals surface area (Å²) in [5, 5.41) is 10.8. The summed E-state index contributed by atoms with van der Waals surface area (Å²) in [5.74, 6) is 0. The molecular formula is C20H20N4O3S. The first-order valence-corrected chi connectivity index (χ1v) is 10.9. The molecule has 0 aliphatic heterocycles. The quantitative estimate of drug-likeness (QED) is 0.554. The molecule has 144 valence electrons. The number of pyridine rings is 1. The van der Waals surface area contributed by atoms with E-state index >= 15 is 0 Å². The number of rotatable bonds is 3. The number of fused-ring (bicyclic) bond motifs is 3. The van der Waals surface area contributed by atoms with E-state index in [0.29, 0.717) is 36.8 Å². The fourth-order valence-electron chi connectivity index (χ4n) is 4.12. The topological polar surface area (TPSA) is 101 Å². The van der Waals surface area contributed by atoms with Gasteiger partial charge in [-0.3, -0.25) is 0 Å². The zero-order valence-electron chi connectivity index (χ0n) is 15.1. The van der Waals surface area contributed by atoms with Crippen molar-refractivity contribution in [2.45, 2.75) is 47.9 Å². The standard InChI is InChI=1S/C20H20N4O3S/c25-14-8-6-13(7-9-14)24-18-16-10-11-21-19(16)22-12-17(18)23-20(24)28(26,27)15-4-2-1-3-5-15/h1-5,10-14,25H,6-9H2,(H,21,22). The summed E-state index contributed by atoms with van der Waals surface area (Å²) in [5.41, 5.74) is 2.04. The number of hydrogen-bond acceptors (Lipinski definition) is 5. The van der Waals surface area contributed by atoms with Crippen LogP contribution >= 0.6 is 0 Å². The van der Waals surface area contributed by atoms with Crippen LogP contribution < -0.4 is 0 Å². The fraction of sp³-hybridized carbons (Fsp3) is 0.300. The van der Waals surface area contributed by atoms with E-state index < -0.39 is 9.84 Å². The highest BCUT2D eigenvalue weighted by Crippen LogP contribution is 2.37.